The molecule has 0 radical (unpaired) electrons. The average Bonchev–Trinajstić information content (AvgIpc) is 2.66. The average molecular weight is 379 g/mol. The first-order valence-corrected chi connectivity index (χ1v) is 10.5. The Morgan fingerprint density at radius 3 is 1.85 bits per heavy atom. The fraction of sp³-hybridized carbons (Fsp3) is 0.136. The van der Waals surface area contributed by atoms with Crippen molar-refractivity contribution in [1.29, 1.82) is 0 Å². The molecule has 27 heavy (non-hydrogen) atoms. The quantitative estimate of drug-likeness (QED) is 0.731. The SMILES string of the molecule is Cc1ccc(S(C)(=O)=O)cc1C(=O)NC(c1ccccc1)c1ccccc1. The number of aryl methyl sites for hydroxylation is 1. The predicted molar refractivity (Wildman–Crippen MR) is 106 cm³/mol. The molecule has 0 unspecified atom stereocenters. The number of carbonyl (C=O) groups is 1. The van der Waals surface area contributed by atoms with Gasteiger partial charge in [0.15, 0.2) is 9.84 Å². The van der Waals surface area contributed by atoms with Gasteiger partial charge in [-0.3, -0.25) is 4.79 Å². The van der Waals surface area contributed by atoms with Gasteiger partial charge in [0, 0.05) is 11.8 Å². The van der Waals surface area contributed by atoms with Crippen LogP contribution in [0.1, 0.15) is 33.1 Å². The zero-order chi connectivity index (χ0) is 19.4. The van der Waals surface area contributed by atoms with Gasteiger partial charge in [0.1, 0.15) is 0 Å². The summed E-state index contributed by atoms with van der Waals surface area (Å²) in [4.78, 5) is 13.1. The van der Waals surface area contributed by atoms with Crippen molar-refractivity contribution < 1.29 is 13.2 Å². The number of hydrogen-bond acceptors (Lipinski definition) is 3. The molecule has 4 nitrogen and oxygen atoms in total. The van der Waals surface area contributed by atoms with Gasteiger partial charge in [0.05, 0.1) is 10.9 Å². The highest BCUT2D eigenvalue weighted by molar-refractivity contribution is 7.90. The van der Waals surface area contributed by atoms with E-state index in [1.807, 2.05) is 60.7 Å². The van der Waals surface area contributed by atoms with Crippen molar-refractivity contribution in [3.8, 4) is 0 Å². The minimum Gasteiger partial charge on any atom is -0.341 e. The molecule has 0 heterocycles. The van der Waals surface area contributed by atoms with E-state index >= 15 is 0 Å². The van der Waals surface area contributed by atoms with Crippen molar-refractivity contribution in [3.63, 3.8) is 0 Å². The van der Waals surface area contributed by atoms with E-state index in [1.54, 1.807) is 13.0 Å². The molecule has 1 amide bonds. The Morgan fingerprint density at radius 1 is 0.852 bits per heavy atom. The third-order valence-corrected chi connectivity index (χ3v) is 5.53. The van der Waals surface area contributed by atoms with Crippen LogP contribution in [0.2, 0.25) is 0 Å². The maximum atomic E-state index is 13.0. The summed E-state index contributed by atoms with van der Waals surface area (Å²) in [5.41, 5.74) is 2.98. The van der Waals surface area contributed by atoms with Gasteiger partial charge in [-0.05, 0) is 35.7 Å². The summed E-state index contributed by atoms with van der Waals surface area (Å²) in [6, 6.07) is 23.7. The van der Waals surface area contributed by atoms with Crippen molar-refractivity contribution in [3.05, 3.63) is 101 Å². The van der Waals surface area contributed by atoms with E-state index < -0.39 is 9.84 Å². The minimum atomic E-state index is -3.39. The molecular weight excluding hydrogens is 358 g/mol. The van der Waals surface area contributed by atoms with Crippen molar-refractivity contribution in [1.82, 2.24) is 5.32 Å². The van der Waals surface area contributed by atoms with Crippen molar-refractivity contribution >= 4 is 15.7 Å². The molecule has 0 aliphatic rings. The van der Waals surface area contributed by atoms with Gasteiger partial charge in [-0.2, -0.15) is 0 Å². The number of amides is 1. The number of hydrogen-bond donors (Lipinski definition) is 1. The summed E-state index contributed by atoms with van der Waals surface area (Å²) in [6.07, 6.45) is 1.14. The van der Waals surface area contributed by atoms with Gasteiger partial charge >= 0.3 is 0 Å². The lowest BCUT2D eigenvalue weighted by Crippen LogP contribution is -2.30. The van der Waals surface area contributed by atoms with Gasteiger partial charge in [-0.25, -0.2) is 8.42 Å². The van der Waals surface area contributed by atoms with Gasteiger partial charge in [0.25, 0.3) is 5.91 Å². The summed E-state index contributed by atoms with van der Waals surface area (Å²) >= 11 is 0. The van der Waals surface area contributed by atoms with Crippen LogP contribution in [0.3, 0.4) is 0 Å². The molecule has 3 aromatic carbocycles. The highest BCUT2D eigenvalue weighted by Gasteiger charge is 2.20. The van der Waals surface area contributed by atoms with Crippen LogP contribution in [0.25, 0.3) is 0 Å². The molecule has 0 atom stereocenters. The Labute approximate surface area is 159 Å². The molecule has 0 aromatic heterocycles. The first-order chi connectivity index (χ1) is 12.9. The van der Waals surface area contributed by atoms with E-state index in [9.17, 15) is 13.2 Å². The second-order valence-corrected chi connectivity index (χ2v) is 8.49. The number of benzene rings is 3. The van der Waals surface area contributed by atoms with Crippen molar-refractivity contribution in [2.24, 2.45) is 0 Å². The largest absolute Gasteiger partial charge is 0.341 e. The molecule has 0 saturated heterocycles. The molecule has 0 spiro atoms. The third kappa shape index (κ3) is 4.44. The Kier molecular flexibility index (Phi) is 5.42. The van der Waals surface area contributed by atoms with Crippen LogP contribution in [0.5, 0.6) is 0 Å². The maximum Gasteiger partial charge on any atom is 0.252 e. The van der Waals surface area contributed by atoms with E-state index in [4.69, 9.17) is 0 Å². The Morgan fingerprint density at radius 2 is 1.37 bits per heavy atom. The second-order valence-electron chi connectivity index (χ2n) is 6.48. The van der Waals surface area contributed by atoms with Crippen LogP contribution < -0.4 is 5.32 Å². The zero-order valence-corrected chi connectivity index (χ0v) is 16.0. The predicted octanol–water partition coefficient (Wildman–Crippen LogP) is 3.92. The maximum absolute atomic E-state index is 13.0. The van der Waals surface area contributed by atoms with Crippen LogP contribution in [0.4, 0.5) is 0 Å². The topological polar surface area (TPSA) is 63.2 Å². The first kappa shape index (κ1) is 18.9. The van der Waals surface area contributed by atoms with E-state index in [2.05, 4.69) is 5.32 Å². The van der Waals surface area contributed by atoms with Crippen LogP contribution in [-0.4, -0.2) is 20.6 Å². The van der Waals surface area contributed by atoms with Gasteiger partial charge in [0.2, 0.25) is 0 Å². The van der Waals surface area contributed by atoms with Crippen LogP contribution in [-0.2, 0) is 9.84 Å². The molecule has 3 rings (SSSR count). The summed E-state index contributed by atoms with van der Waals surface area (Å²) in [6.45, 7) is 1.79. The third-order valence-electron chi connectivity index (χ3n) is 4.42. The Balaban J connectivity index is 1.99. The summed E-state index contributed by atoms with van der Waals surface area (Å²) in [5.74, 6) is -0.310. The summed E-state index contributed by atoms with van der Waals surface area (Å²) in [5, 5.41) is 3.05. The molecule has 0 saturated carbocycles. The molecule has 0 fully saturated rings. The van der Waals surface area contributed by atoms with Crippen LogP contribution in [0, 0.1) is 6.92 Å². The van der Waals surface area contributed by atoms with Gasteiger partial charge in [-0.1, -0.05) is 66.7 Å². The van der Waals surface area contributed by atoms with Gasteiger partial charge in [-0.15, -0.1) is 0 Å². The van der Waals surface area contributed by atoms with E-state index in [-0.39, 0.29) is 16.8 Å². The van der Waals surface area contributed by atoms with Crippen molar-refractivity contribution in [2.45, 2.75) is 17.9 Å². The monoisotopic (exact) mass is 379 g/mol. The number of carbonyl (C=O) groups excluding carboxylic acids is 1. The van der Waals surface area contributed by atoms with E-state index in [0.29, 0.717) is 5.56 Å². The number of rotatable bonds is 5. The highest BCUT2D eigenvalue weighted by Crippen LogP contribution is 2.23. The van der Waals surface area contributed by atoms with E-state index in [0.717, 1.165) is 22.9 Å². The molecular formula is C22H21NO3S. The zero-order valence-electron chi connectivity index (χ0n) is 15.2. The molecule has 3 aromatic rings. The summed E-state index contributed by atoms with van der Waals surface area (Å²) in [7, 11) is -3.39. The first-order valence-electron chi connectivity index (χ1n) is 8.58. The minimum absolute atomic E-state index is 0.134. The van der Waals surface area contributed by atoms with E-state index in [1.165, 1.54) is 12.1 Å². The number of sulfone groups is 1. The molecule has 0 aliphatic heterocycles. The normalized spacial score (nSPS) is 11.4. The molecule has 0 aliphatic carbocycles. The number of nitrogens with one attached hydrogen (secondary N) is 1. The Bertz CT molecular complexity index is 1010. The lowest BCUT2D eigenvalue weighted by molar-refractivity contribution is 0.0942. The van der Waals surface area contributed by atoms with Gasteiger partial charge < -0.3 is 5.32 Å². The molecule has 1 N–H and O–H groups in total. The van der Waals surface area contributed by atoms with Crippen LogP contribution in [0.15, 0.2) is 83.8 Å². The lowest BCUT2D eigenvalue weighted by Gasteiger charge is -2.20. The highest BCUT2D eigenvalue weighted by atomic mass is 32.2. The summed E-state index contributed by atoms with van der Waals surface area (Å²) < 4.78 is 23.7. The second kappa shape index (κ2) is 7.76. The standard InChI is InChI=1S/C22H21NO3S/c1-16-13-14-19(27(2,25)26)15-20(16)22(24)23-21(17-9-5-3-6-10-17)18-11-7-4-8-12-18/h3-15,21H,1-2H3,(H,23,24). The lowest BCUT2D eigenvalue weighted by atomic mass is 9.98. The van der Waals surface area contributed by atoms with Crippen LogP contribution >= 0.6 is 0 Å². The molecule has 138 valence electrons. The Hall–Kier alpha value is -2.92. The fourth-order valence-electron chi connectivity index (χ4n) is 2.94. The smallest absolute Gasteiger partial charge is 0.252 e. The van der Waals surface area contributed by atoms with Crippen molar-refractivity contribution in [2.75, 3.05) is 6.26 Å². The molecule has 0 bridgehead atoms. The fourth-order valence-corrected chi connectivity index (χ4v) is 3.58. The molecule has 5 heteroatoms.